The van der Waals surface area contributed by atoms with Crippen LogP contribution in [0.1, 0.15) is 36.1 Å². The minimum absolute atomic E-state index is 0.121. The van der Waals surface area contributed by atoms with Gasteiger partial charge in [-0.2, -0.15) is 0 Å². The van der Waals surface area contributed by atoms with Crippen LogP contribution in [0.15, 0.2) is 65.8 Å². The van der Waals surface area contributed by atoms with E-state index in [0.717, 1.165) is 29.0 Å². The molecule has 0 aliphatic heterocycles. The van der Waals surface area contributed by atoms with E-state index in [4.69, 9.17) is 4.74 Å². The molecule has 2 aromatic carbocycles. The van der Waals surface area contributed by atoms with Gasteiger partial charge in [0.15, 0.2) is 11.0 Å². The predicted molar refractivity (Wildman–Crippen MR) is 111 cm³/mol. The Kier molecular flexibility index (Phi) is 7.08. The van der Waals surface area contributed by atoms with Crippen molar-refractivity contribution in [3.05, 3.63) is 72.1 Å². The number of hydrogen-bond donors (Lipinski definition) is 1. The molecule has 1 N–H and O–H groups in total. The maximum atomic E-state index is 12.4. The highest BCUT2D eigenvalue weighted by atomic mass is 32.2. The van der Waals surface area contributed by atoms with E-state index in [2.05, 4.69) is 15.5 Å². The number of para-hydroxylation sites is 1. The van der Waals surface area contributed by atoms with Crippen molar-refractivity contribution < 1.29 is 9.53 Å². The van der Waals surface area contributed by atoms with E-state index in [1.54, 1.807) is 23.9 Å². The fourth-order valence-electron chi connectivity index (χ4n) is 2.77. The van der Waals surface area contributed by atoms with E-state index in [9.17, 15) is 4.79 Å². The molecule has 1 amide bonds. The number of ether oxygens (including phenoxy) is 1. The molecule has 0 bridgehead atoms. The molecule has 0 aliphatic carbocycles. The zero-order valence-electron chi connectivity index (χ0n) is 16.0. The molecule has 3 rings (SSSR count). The Bertz CT molecular complexity index is 884. The lowest BCUT2D eigenvalue weighted by Gasteiger charge is -2.15. The van der Waals surface area contributed by atoms with Crippen LogP contribution in [0.3, 0.4) is 0 Å². The fourth-order valence-corrected chi connectivity index (χ4v) is 3.59. The minimum Gasteiger partial charge on any atom is -0.493 e. The average molecular weight is 397 g/mol. The van der Waals surface area contributed by atoms with Crippen molar-refractivity contribution in [2.75, 3.05) is 12.4 Å². The van der Waals surface area contributed by atoms with E-state index in [1.165, 1.54) is 0 Å². The van der Waals surface area contributed by atoms with Crippen LogP contribution in [0.25, 0.3) is 0 Å². The van der Waals surface area contributed by atoms with E-state index < -0.39 is 0 Å². The van der Waals surface area contributed by atoms with E-state index in [-0.39, 0.29) is 11.9 Å². The van der Waals surface area contributed by atoms with Gasteiger partial charge in [-0.1, -0.05) is 48.2 Å². The van der Waals surface area contributed by atoms with Crippen molar-refractivity contribution >= 4 is 17.7 Å². The average Bonchev–Trinajstić information content (AvgIpc) is 3.15. The van der Waals surface area contributed by atoms with Crippen LogP contribution in [-0.4, -0.2) is 33.0 Å². The van der Waals surface area contributed by atoms with Gasteiger partial charge in [0, 0.05) is 17.9 Å². The number of carbonyl (C=O) groups is 1. The van der Waals surface area contributed by atoms with Gasteiger partial charge < -0.3 is 14.6 Å². The van der Waals surface area contributed by atoms with Gasteiger partial charge in [-0.25, -0.2) is 0 Å². The third-order valence-corrected chi connectivity index (χ3v) is 5.09. The summed E-state index contributed by atoms with van der Waals surface area (Å²) >= 11 is 1.60. The van der Waals surface area contributed by atoms with Crippen molar-refractivity contribution in [3.63, 3.8) is 0 Å². The Morgan fingerprint density at radius 1 is 1.11 bits per heavy atom. The molecule has 0 saturated carbocycles. The van der Waals surface area contributed by atoms with Crippen molar-refractivity contribution in [2.24, 2.45) is 0 Å². The zero-order chi connectivity index (χ0) is 19.8. The summed E-state index contributed by atoms with van der Waals surface area (Å²) in [6, 6.07) is 18.7. The lowest BCUT2D eigenvalue weighted by Crippen LogP contribution is -2.28. The number of hydrogen-bond acceptors (Lipinski definition) is 5. The molecule has 0 radical (unpaired) electrons. The molecule has 7 heteroatoms. The third kappa shape index (κ3) is 5.13. The van der Waals surface area contributed by atoms with Gasteiger partial charge in [-0.3, -0.25) is 4.79 Å². The van der Waals surface area contributed by atoms with Crippen LogP contribution < -0.4 is 10.1 Å². The van der Waals surface area contributed by atoms with E-state index in [1.807, 2.05) is 66.9 Å². The zero-order valence-corrected chi connectivity index (χ0v) is 16.9. The van der Waals surface area contributed by atoms with Gasteiger partial charge in [0.25, 0.3) is 5.91 Å². The van der Waals surface area contributed by atoms with Crippen molar-refractivity contribution in [1.29, 1.82) is 0 Å². The molecule has 0 spiro atoms. The lowest BCUT2D eigenvalue weighted by atomic mass is 10.2. The van der Waals surface area contributed by atoms with Gasteiger partial charge in [0.05, 0.1) is 12.6 Å². The molecular weight excluding hydrogens is 372 g/mol. The molecular formula is C21H24N4O2S. The van der Waals surface area contributed by atoms with Crippen LogP contribution in [0.2, 0.25) is 0 Å². The first-order chi connectivity index (χ1) is 13.7. The molecule has 28 heavy (non-hydrogen) atoms. The monoisotopic (exact) mass is 396 g/mol. The lowest BCUT2D eigenvalue weighted by molar-refractivity contribution is 0.0937. The SMILES string of the molecule is CCn1c(SCCOc2ccccc2)nnc1C(C)NC(=O)c1ccccc1. The quantitative estimate of drug-likeness (QED) is 0.438. The van der Waals surface area contributed by atoms with Gasteiger partial charge in [-0.15, -0.1) is 10.2 Å². The summed E-state index contributed by atoms with van der Waals surface area (Å²) < 4.78 is 7.75. The summed E-state index contributed by atoms with van der Waals surface area (Å²) in [4.78, 5) is 12.4. The Hall–Kier alpha value is -2.80. The topological polar surface area (TPSA) is 69.0 Å². The van der Waals surface area contributed by atoms with Crippen LogP contribution in [0, 0.1) is 0 Å². The van der Waals surface area contributed by atoms with Crippen LogP contribution in [-0.2, 0) is 6.54 Å². The smallest absolute Gasteiger partial charge is 0.251 e. The maximum Gasteiger partial charge on any atom is 0.251 e. The van der Waals surface area contributed by atoms with E-state index >= 15 is 0 Å². The second kappa shape index (κ2) is 9.94. The van der Waals surface area contributed by atoms with Crippen molar-refractivity contribution in [2.45, 2.75) is 31.6 Å². The summed E-state index contributed by atoms with van der Waals surface area (Å²) in [6.07, 6.45) is 0. The molecule has 146 valence electrons. The Labute approximate surface area is 169 Å². The number of aromatic nitrogens is 3. The number of nitrogens with zero attached hydrogens (tertiary/aromatic N) is 3. The first-order valence-corrected chi connectivity index (χ1v) is 10.3. The summed E-state index contributed by atoms with van der Waals surface area (Å²) in [6.45, 7) is 5.28. The highest BCUT2D eigenvalue weighted by Gasteiger charge is 2.19. The Balaban J connectivity index is 1.57. The molecule has 0 saturated heterocycles. The normalized spacial score (nSPS) is 11.8. The van der Waals surface area contributed by atoms with Gasteiger partial charge in [-0.05, 0) is 38.1 Å². The van der Waals surface area contributed by atoms with E-state index in [0.29, 0.717) is 12.2 Å². The van der Waals surface area contributed by atoms with Gasteiger partial charge >= 0.3 is 0 Å². The number of carbonyl (C=O) groups excluding carboxylic acids is 1. The summed E-state index contributed by atoms with van der Waals surface area (Å²) in [7, 11) is 0. The molecule has 1 heterocycles. The standard InChI is InChI=1S/C21H24N4O2S/c1-3-25-19(16(2)22-20(26)17-10-6-4-7-11-17)23-24-21(25)28-15-14-27-18-12-8-5-9-13-18/h4-13,16H,3,14-15H2,1-2H3,(H,22,26). The van der Waals surface area contributed by atoms with Crippen LogP contribution >= 0.6 is 11.8 Å². The molecule has 3 aromatic rings. The fraction of sp³-hybridized carbons (Fsp3) is 0.286. The highest BCUT2D eigenvalue weighted by Crippen LogP contribution is 2.21. The number of thioether (sulfide) groups is 1. The van der Waals surface area contributed by atoms with Crippen molar-refractivity contribution in [1.82, 2.24) is 20.1 Å². The molecule has 1 unspecified atom stereocenters. The number of rotatable bonds is 9. The highest BCUT2D eigenvalue weighted by molar-refractivity contribution is 7.99. The Morgan fingerprint density at radius 2 is 1.79 bits per heavy atom. The summed E-state index contributed by atoms with van der Waals surface area (Å²) in [5.74, 6) is 2.25. The largest absolute Gasteiger partial charge is 0.493 e. The van der Waals surface area contributed by atoms with Crippen LogP contribution in [0.5, 0.6) is 5.75 Å². The maximum absolute atomic E-state index is 12.4. The van der Waals surface area contributed by atoms with Crippen molar-refractivity contribution in [3.8, 4) is 5.75 Å². The number of benzene rings is 2. The van der Waals surface area contributed by atoms with Gasteiger partial charge in [0.2, 0.25) is 0 Å². The van der Waals surface area contributed by atoms with Gasteiger partial charge in [0.1, 0.15) is 5.75 Å². The molecule has 6 nitrogen and oxygen atoms in total. The molecule has 1 atom stereocenters. The number of amides is 1. The molecule has 0 aliphatic rings. The summed E-state index contributed by atoms with van der Waals surface area (Å²) in [5, 5.41) is 12.4. The second-order valence-electron chi connectivity index (χ2n) is 6.16. The number of nitrogens with one attached hydrogen (secondary N) is 1. The minimum atomic E-state index is -0.241. The first-order valence-electron chi connectivity index (χ1n) is 9.28. The Morgan fingerprint density at radius 3 is 2.46 bits per heavy atom. The second-order valence-corrected chi connectivity index (χ2v) is 7.22. The molecule has 0 fully saturated rings. The summed E-state index contributed by atoms with van der Waals surface area (Å²) in [5.41, 5.74) is 0.629. The third-order valence-electron chi connectivity index (χ3n) is 4.16. The molecule has 1 aromatic heterocycles. The van der Waals surface area contributed by atoms with Crippen LogP contribution in [0.4, 0.5) is 0 Å². The first kappa shape index (κ1) is 19.9. The predicted octanol–water partition coefficient (Wildman–Crippen LogP) is 3.96.